The van der Waals surface area contributed by atoms with Gasteiger partial charge in [-0.1, -0.05) is 24.3 Å². The van der Waals surface area contributed by atoms with Gasteiger partial charge >= 0.3 is 0 Å². The van der Waals surface area contributed by atoms with Crippen LogP contribution in [0.15, 0.2) is 48.5 Å². The molecular formula is C18H15IO4. The van der Waals surface area contributed by atoms with E-state index in [0.717, 1.165) is 3.57 Å². The molecule has 4 nitrogen and oxygen atoms in total. The Labute approximate surface area is 147 Å². The zero-order valence-corrected chi connectivity index (χ0v) is 14.6. The summed E-state index contributed by atoms with van der Waals surface area (Å²) in [5, 5.41) is 9.52. The first-order valence-corrected chi connectivity index (χ1v) is 7.94. The van der Waals surface area contributed by atoms with E-state index in [-0.39, 0.29) is 23.7 Å². The van der Waals surface area contributed by atoms with Gasteiger partial charge in [-0.15, -0.1) is 0 Å². The zero-order valence-electron chi connectivity index (χ0n) is 12.5. The van der Waals surface area contributed by atoms with Crippen molar-refractivity contribution in [3.8, 4) is 11.5 Å². The highest BCUT2D eigenvalue weighted by Crippen LogP contribution is 2.26. The van der Waals surface area contributed by atoms with Crippen LogP contribution in [0, 0.1) is 3.57 Å². The number of aromatic hydroxyl groups is 1. The smallest absolute Gasteiger partial charge is 0.170 e. The molecule has 0 amide bonds. The average molecular weight is 422 g/mol. The van der Waals surface area contributed by atoms with E-state index in [9.17, 15) is 14.7 Å². The van der Waals surface area contributed by atoms with Crippen LogP contribution in [0.1, 0.15) is 22.3 Å². The van der Waals surface area contributed by atoms with Crippen LogP contribution in [0.5, 0.6) is 11.5 Å². The molecule has 5 heteroatoms. The SMILES string of the molecule is COc1cc(C=CC(=O)CC(=O)c2ccc(I)cc2)ccc1O. The Morgan fingerprint density at radius 1 is 1.17 bits per heavy atom. The summed E-state index contributed by atoms with van der Waals surface area (Å²) in [4.78, 5) is 23.9. The van der Waals surface area contributed by atoms with Crippen molar-refractivity contribution in [3.63, 3.8) is 0 Å². The number of methoxy groups -OCH3 is 1. The summed E-state index contributed by atoms with van der Waals surface area (Å²) in [6.45, 7) is 0. The Kier molecular flexibility index (Phi) is 5.92. The summed E-state index contributed by atoms with van der Waals surface area (Å²) in [7, 11) is 1.45. The number of Topliss-reactive ketones (excluding diaryl/α,β-unsaturated/α-hetero) is 1. The number of carbonyl (C=O) groups is 2. The largest absolute Gasteiger partial charge is 0.504 e. The number of phenolic OH excluding ortho intramolecular Hbond substituents is 1. The van der Waals surface area contributed by atoms with E-state index in [0.29, 0.717) is 16.9 Å². The lowest BCUT2D eigenvalue weighted by atomic mass is 10.1. The van der Waals surface area contributed by atoms with Crippen LogP contribution in [0.2, 0.25) is 0 Å². The molecule has 0 aromatic heterocycles. The Bertz CT molecular complexity index is 748. The van der Waals surface area contributed by atoms with Crippen molar-refractivity contribution in [1.82, 2.24) is 0 Å². The highest BCUT2D eigenvalue weighted by Gasteiger charge is 2.09. The van der Waals surface area contributed by atoms with Crippen LogP contribution in [0.4, 0.5) is 0 Å². The predicted molar refractivity (Wildman–Crippen MR) is 96.8 cm³/mol. The molecule has 0 fully saturated rings. The van der Waals surface area contributed by atoms with E-state index in [2.05, 4.69) is 22.6 Å². The van der Waals surface area contributed by atoms with Gasteiger partial charge in [0.25, 0.3) is 0 Å². The van der Waals surface area contributed by atoms with Gasteiger partial charge in [0, 0.05) is 9.13 Å². The number of carbonyl (C=O) groups excluding carboxylic acids is 2. The third kappa shape index (κ3) is 4.92. The van der Waals surface area contributed by atoms with E-state index in [4.69, 9.17) is 4.74 Å². The number of benzene rings is 2. The number of ether oxygens (including phenoxy) is 1. The molecule has 0 heterocycles. The molecule has 118 valence electrons. The Balaban J connectivity index is 2.01. The number of hydrogen-bond acceptors (Lipinski definition) is 4. The van der Waals surface area contributed by atoms with Crippen molar-refractivity contribution >= 4 is 40.2 Å². The molecule has 0 unspecified atom stereocenters. The van der Waals surface area contributed by atoms with E-state index in [1.807, 2.05) is 12.1 Å². The average Bonchev–Trinajstić information content (AvgIpc) is 2.54. The van der Waals surface area contributed by atoms with E-state index >= 15 is 0 Å². The lowest BCUT2D eigenvalue weighted by Gasteiger charge is -2.03. The lowest BCUT2D eigenvalue weighted by Crippen LogP contribution is -2.05. The van der Waals surface area contributed by atoms with E-state index < -0.39 is 0 Å². The van der Waals surface area contributed by atoms with Crippen molar-refractivity contribution in [2.45, 2.75) is 6.42 Å². The molecule has 0 aliphatic carbocycles. The second-order valence-electron chi connectivity index (χ2n) is 4.84. The van der Waals surface area contributed by atoms with Gasteiger partial charge in [-0.25, -0.2) is 0 Å². The summed E-state index contributed by atoms with van der Waals surface area (Å²) in [6, 6.07) is 11.8. The fraction of sp³-hybridized carbons (Fsp3) is 0.111. The molecule has 1 N–H and O–H groups in total. The van der Waals surface area contributed by atoms with Crippen LogP contribution in [-0.4, -0.2) is 23.8 Å². The maximum atomic E-state index is 12.0. The number of hydrogen-bond donors (Lipinski definition) is 1. The van der Waals surface area contributed by atoms with Gasteiger partial charge in [0.1, 0.15) is 0 Å². The molecular weight excluding hydrogens is 407 g/mol. The Morgan fingerprint density at radius 2 is 1.87 bits per heavy atom. The first kappa shape index (κ1) is 17.2. The molecule has 0 atom stereocenters. The predicted octanol–water partition coefficient (Wildman–Crippen LogP) is 3.86. The second-order valence-corrected chi connectivity index (χ2v) is 6.08. The maximum absolute atomic E-state index is 12.0. The van der Waals surface area contributed by atoms with Crippen molar-refractivity contribution in [1.29, 1.82) is 0 Å². The van der Waals surface area contributed by atoms with Gasteiger partial charge in [0.05, 0.1) is 13.5 Å². The second kappa shape index (κ2) is 7.92. The van der Waals surface area contributed by atoms with Crippen LogP contribution < -0.4 is 4.74 Å². The number of ketones is 2. The molecule has 0 saturated heterocycles. The molecule has 2 rings (SSSR count). The third-order valence-corrected chi connectivity index (χ3v) is 3.89. The van der Waals surface area contributed by atoms with Gasteiger partial charge in [-0.2, -0.15) is 0 Å². The minimum atomic E-state index is -0.277. The fourth-order valence-electron chi connectivity index (χ4n) is 1.94. The fourth-order valence-corrected chi connectivity index (χ4v) is 2.30. The molecule has 0 radical (unpaired) electrons. The van der Waals surface area contributed by atoms with E-state index in [1.54, 1.807) is 30.3 Å². The minimum Gasteiger partial charge on any atom is -0.504 e. The van der Waals surface area contributed by atoms with Crippen molar-refractivity contribution in [2.75, 3.05) is 7.11 Å². The summed E-state index contributed by atoms with van der Waals surface area (Å²) in [5.41, 5.74) is 1.23. The zero-order chi connectivity index (χ0) is 16.8. The van der Waals surface area contributed by atoms with Gasteiger partial charge < -0.3 is 9.84 Å². The summed E-state index contributed by atoms with van der Waals surface area (Å²) in [6.07, 6.45) is 2.77. The first-order chi connectivity index (χ1) is 11.0. The molecule has 0 aliphatic heterocycles. The number of allylic oxidation sites excluding steroid dienone is 1. The van der Waals surface area contributed by atoms with E-state index in [1.165, 1.54) is 19.3 Å². The Morgan fingerprint density at radius 3 is 2.52 bits per heavy atom. The van der Waals surface area contributed by atoms with Gasteiger partial charge in [0.2, 0.25) is 0 Å². The molecule has 2 aromatic carbocycles. The first-order valence-electron chi connectivity index (χ1n) is 6.86. The molecule has 23 heavy (non-hydrogen) atoms. The molecule has 0 bridgehead atoms. The summed E-state index contributed by atoms with van der Waals surface area (Å²) < 4.78 is 6.03. The van der Waals surface area contributed by atoms with Crippen molar-refractivity contribution < 1.29 is 19.4 Å². The number of phenols is 1. The van der Waals surface area contributed by atoms with Crippen LogP contribution >= 0.6 is 22.6 Å². The quantitative estimate of drug-likeness (QED) is 0.333. The standard InChI is InChI=1S/C18H15IO4/c1-23-18-10-12(3-9-16(18)21)2-8-15(20)11-17(22)13-4-6-14(19)7-5-13/h2-10,21H,11H2,1H3. The van der Waals surface area contributed by atoms with Gasteiger partial charge in [-0.05, 0) is 58.5 Å². The van der Waals surface area contributed by atoms with Crippen molar-refractivity contribution in [3.05, 3.63) is 63.2 Å². The highest BCUT2D eigenvalue weighted by atomic mass is 127. The molecule has 0 aliphatic rings. The third-order valence-electron chi connectivity index (χ3n) is 3.17. The molecule has 0 saturated carbocycles. The van der Waals surface area contributed by atoms with Crippen LogP contribution in [0.3, 0.4) is 0 Å². The number of halogens is 1. The van der Waals surface area contributed by atoms with Crippen LogP contribution in [-0.2, 0) is 4.79 Å². The van der Waals surface area contributed by atoms with Gasteiger partial charge in [0.15, 0.2) is 23.1 Å². The lowest BCUT2D eigenvalue weighted by molar-refractivity contribution is -0.113. The molecule has 2 aromatic rings. The normalized spacial score (nSPS) is 10.7. The summed E-state index contributed by atoms with van der Waals surface area (Å²) >= 11 is 2.16. The Hall–Kier alpha value is -2.15. The maximum Gasteiger partial charge on any atom is 0.170 e. The molecule has 0 spiro atoms. The monoisotopic (exact) mass is 422 g/mol. The highest BCUT2D eigenvalue weighted by molar-refractivity contribution is 14.1. The summed E-state index contributed by atoms with van der Waals surface area (Å²) in [5.74, 6) is -0.126. The van der Waals surface area contributed by atoms with Crippen molar-refractivity contribution in [2.24, 2.45) is 0 Å². The van der Waals surface area contributed by atoms with Gasteiger partial charge in [-0.3, -0.25) is 9.59 Å². The van der Waals surface area contributed by atoms with Crippen LogP contribution in [0.25, 0.3) is 6.08 Å². The number of rotatable bonds is 6. The minimum absolute atomic E-state index is 0.0323. The topological polar surface area (TPSA) is 63.6 Å².